The van der Waals surface area contributed by atoms with Crippen LogP contribution in [-0.2, 0) is 0 Å². The molecule has 0 spiro atoms. The predicted molar refractivity (Wildman–Crippen MR) is 76.2 cm³/mol. The number of benzene rings is 1. The zero-order valence-electron chi connectivity index (χ0n) is 9.02. The molecule has 0 radical (unpaired) electrons. The van der Waals surface area contributed by atoms with Crippen LogP contribution in [0.25, 0.3) is 0 Å². The Morgan fingerprint density at radius 3 is 2.61 bits per heavy atom. The number of nitrogens with zero attached hydrogens (tertiary/aromatic N) is 2. The summed E-state index contributed by atoms with van der Waals surface area (Å²) >= 11 is 6.44. The largest absolute Gasteiger partial charge is 0.398 e. The fraction of sp³-hybridized carbons (Fsp3) is 0. The van der Waals surface area contributed by atoms with Crippen LogP contribution in [0.4, 0.5) is 11.5 Å². The number of rotatable bonds is 2. The summed E-state index contributed by atoms with van der Waals surface area (Å²) in [4.78, 5) is 19.9. The molecular formula is C11H8Br2N4O. The van der Waals surface area contributed by atoms with Crippen LogP contribution in [0.2, 0.25) is 0 Å². The van der Waals surface area contributed by atoms with E-state index in [0.29, 0.717) is 26.1 Å². The van der Waals surface area contributed by atoms with Gasteiger partial charge in [0.2, 0.25) is 0 Å². The minimum atomic E-state index is -0.271. The summed E-state index contributed by atoms with van der Waals surface area (Å²) in [6.45, 7) is 0. The average molecular weight is 372 g/mol. The van der Waals surface area contributed by atoms with Gasteiger partial charge in [0.15, 0.2) is 5.82 Å². The molecule has 1 heterocycles. The lowest BCUT2D eigenvalue weighted by molar-refractivity contribution is 0.102. The van der Waals surface area contributed by atoms with Crippen molar-refractivity contribution in [2.75, 3.05) is 11.1 Å². The summed E-state index contributed by atoms with van der Waals surface area (Å²) in [5.74, 6) is 0.114. The van der Waals surface area contributed by atoms with Crippen LogP contribution in [0.1, 0.15) is 10.4 Å². The van der Waals surface area contributed by atoms with Gasteiger partial charge < -0.3 is 11.1 Å². The third-order valence-electron chi connectivity index (χ3n) is 2.12. The second-order valence-corrected chi connectivity index (χ2v) is 5.08. The lowest BCUT2D eigenvalue weighted by atomic mass is 10.2. The van der Waals surface area contributed by atoms with Crippen molar-refractivity contribution in [1.29, 1.82) is 0 Å². The summed E-state index contributed by atoms with van der Waals surface area (Å²) < 4.78 is 1.28. The lowest BCUT2D eigenvalue weighted by Crippen LogP contribution is -2.13. The number of aromatic nitrogens is 2. The van der Waals surface area contributed by atoms with Crippen molar-refractivity contribution < 1.29 is 4.79 Å². The van der Waals surface area contributed by atoms with Crippen LogP contribution in [0, 0.1) is 0 Å². The molecule has 18 heavy (non-hydrogen) atoms. The number of anilines is 2. The van der Waals surface area contributed by atoms with Gasteiger partial charge in [-0.2, -0.15) is 0 Å². The van der Waals surface area contributed by atoms with Gasteiger partial charge in [-0.05, 0) is 50.1 Å². The van der Waals surface area contributed by atoms with E-state index in [1.165, 1.54) is 12.4 Å². The van der Waals surface area contributed by atoms with Gasteiger partial charge in [-0.25, -0.2) is 9.97 Å². The molecule has 2 rings (SSSR count). The van der Waals surface area contributed by atoms with Crippen LogP contribution >= 0.6 is 31.9 Å². The fourth-order valence-electron chi connectivity index (χ4n) is 1.23. The summed E-state index contributed by atoms with van der Waals surface area (Å²) in [7, 11) is 0. The van der Waals surface area contributed by atoms with Crippen LogP contribution in [0.15, 0.2) is 39.7 Å². The number of nitrogens with one attached hydrogen (secondary N) is 1. The molecule has 0 bridgehead atoms. The first kappa shape index (κ1) is 13.0. The third-order valence-corrected chi connectivity index (χ3v) is 3.22. The molecule has 0 aliphatic rings. The molecule has 2 aromatic rings. The molecule has 0 aliphatic carbocycles. The number of carbonyl (C=O) groups excluding carboxylic acids is 1. The van der Waals surface area contributed by atoms with Crippen molar-refractivity contribution in [3.63, 3.8) is 0 Å². The van der Waals surface area contributed by atoms with E-state index in [2.05, 4.69) is 47.1 Å². The molecule has 0 atom stereocenters. The maximum absolute atomic E-state index is 11.9. The van der Waals surface area contributed by atoms with Gasteiger partial charge in [-0.15, -0.1) is 0 Å². The molecule has 0 saturated heterocycles. The molecule has 1 amide bonds. The number of nitrogen functional groups attached to an aromatic ring is 1. The number of hydrogen-bond acceptors (Lipinski definition) is 4. The van der Waals surface area contributed by atoms with Crippen molar-refractivity contribution in [2.45, 2.75) is 0 Å². The quantitative estimate of drug-likeness (QED) is 0.795. The number of hydrogen-bond donors (Lipinski definition) is 2. The van der Waals surface area contributed by atoms with Crippen molar-refractivity contribution in [2.24, 2.45) is 0 Å². The molecule has 3 N–H and O–H groups in total. The average Bonchev–Trinajstić information content (AvgIpc) is 2.35. The molecule has 0 saturated carbocycles. The van der Waals surface area contributed by atoms with Gasteiger partial charge in [-0.3, -0.25) is 4.79 Å². The van der Waals surface area contributed by atoms with Crippen molar-refractivity contribution >= 4 is 49.3 Å². The van der Waals surface area contributed by atoms with E-state index in [0.717, 1.165) is 0 Å². The van der Waals surface area contributed by atoms with E-state index in [4.69, 9.17) is 5.73 Å². The van der Waals surface area contributed by atoms with Crippen LogP contribution in [-0.4, -0.2) is 15.9 Å². The summed E-state index contributed by atoms with van der Waals surface area (Å²) in [5, 5.41) is 2.64. The zero-order valence-corrected chi connectivity index (χ0v) is 12.2. The van der Waals surface area contributed by atoms with E-state index >= 15 is 0 Å². The Kier molecular flexibility index (Phi) is 3.93. The maximum atomic E-state index is 11.9. The highest BCUT2D eigenvalue weighted by atomic mass is 79.9. The number of halogens is 2. The second-order valence-electron chi connectivity index (χ2n) is 3.41. The number of nitrogens with two attached hydrogens (primary N) is 1. The van der Waals surface area contributed by atoms with Crippen molar-refractivity contribution in [1.82, 2.24) is 9.97 Å². The summed E-state index contributed by atoms with van der Waals surface area (Å²) in [5.41, 5.74) is 6.72. The summed E-state index contributed by atoms with van der Waals surface area (Å²) in [6, 6.07) is 4.95. The van der Waals surface area contributed by atoms with Crippen LogP contribution < -0.4 is 11.1 Å². The Hall–Kier alpha value is -1.47. The minimum absolute atomic E-state index is 0.271. The lowest BCUT2D eigenvalue weighted by Gasteiger charge is -2.05. The zero-order chi connectivity index (χ0) is 13.1. The third kappa shape index (κ3) is 3.05. The van der Waals surface area contributed by atoms with Gasteiger partial charge in [0, 0.05) is 15.7 Å². The van der Waals surface area contributed by atoms with Crippen LogP contribution in [0.3, 0.4) is 0 Å². The maximum Gasteiger partial charge on any atom is 0.256 e. The first-order chi connectivity index (χ1) is 8.56. The molecule has 0 unspecified atom stereocenters. The Labute approximate surface area is 120 Å². The highest BCUT2D eigenvalue weighted by Gasteiger charge is 2.08. The van der Waals surface area contributed by atoms with Crippen LogP contribution in [0.5, 0.6) is 0 Å². The SMILES string of the molecule is Nc1ccc(C(=O)Nc2cnc(Br)cn2)cc1Br. The fourth-order valence-corrected chi connectivity index (χ4v) is 1.82. The van der Waals surface area contributed by atoms with Gasteiger partial charge >= 0.3 is 0 Å². The van der Waals surface area contributed by atoms with E-state index in [9.17, 15) is 4.79 Å². The molecule has 92 valence electrons. The molecule has 0 aliphatic heterocycles. The van der Waals surface area contributed by atoms with E-state index in [-0.39, 0.29) is 5.91 Å². The first-order valence-corrected chi connectivity index (χ1v) is 6.49. The Balaban J connectivity index is 2.16. The highest BCUT2D eigenvalue weighted by Crippen LogP contribution is 2.20. The van der Waals surface area contributed by atoms with Crippen molar-refractivity contribution in [3.05, 3.63) is 45.2 Å². The smallest absolute Gasteiger partial charge is 0.256 e. The number of amides is 1. The monoisotopic (exact) mass is 370 g/mol. The van der Waals surface area contributed by atoms with Crippen molar-refractivity contribution in [3.8, 4) is 0 Å². The molecule has 1 aromatic carbocycles. The summed E-state index contributed by atoms with van der Waals surface area (Å²) in [6.07, 6.45) is 2.98. The molecule has 5 nitrogen and oxygen atoms in total. The topological polar surface area (TPSA) is 80.9 Å². The van der Waals surface area contributed by atoms with Gasteiger partial charge in [0.25, 0.3) is 5.91 Å². The Morgan fingerprint density at radius 2 is 2.00 bits per heavy atom. The van der Waals surface area contributed by atoms with E-state index in [1.807, 2.05) is 0 Å². The highest BCUT2D eigenvalue weighted by molar-refractivity contribution is 9.10. The van der Waals surface area contributed by atoms with Gasteiger partial charge in [-0.1, -0.05) is 0 Å². The predicted octanol–water partition coefficient (Wildman–Crippen LogP) is 2.84. The standard InChI is InChI=1S/C11H8Br2N4O/c12-7-3-6(1-2-8(7)14)11(18)17-10-5-15-9(13)4-16-10/h1-5H,14H2,(H,16,17,18). The van der Waals surface area contributed by atoms with E-state index < -0.39 is 0 Å². The molecule has 7 heteroatoms. The van der Waals surface area contributed by atoms with E-state index in [1.54, 1.807) is 18.2 Å². The van der Waals surface area contributed by atoms with Gasteiger partial charge in [0.05, 0.1) is 12.4 Å². The van der Waals surface area contributed by atoms with Gasteiger partial charge in [0.1, 0.15) is 4.60 Å². The molecule has 0 fully saturated rings. The number of carbonyl (C=O) groups is 1. The minimum Gasteiger partial charge on any atom is -0.398 e. The Morgan fingerprint density at radius 1 is 1.22 bits per heavy atom. The first-order valence-electron chi connectivity index (χ1n) is 4.90. The molecular weight excluding hydrogens is 364 g/mol. The second kappa shape index (κ2) is 5.45. The Bertz CT molecular complexity index is 586. The molecule has 1 aromatic heterocycles. The normalized spacial score (nSPS) is 10.1.